The lowest BCUT2D eigenvalue weighted by atomic mass is 9.96. The Balaban J connectivity index is 1.20. The minimum atomic E-state index is -4.14. The van der Waals surface area contributed by atoms with Crippen LogP contribution in [-0.4, -0.2) is 24.2 Å². The number of halogens is 1. The van der Waals surface area contributed by atoms with Crippen molar-refractivity contribution in [1.29, 1.82) is 0 Å². The molecule has 5 aromatic carbocycles. The zero-order valence-electron chi connectivity index (χ0n) is 27.3. The van der Waals surface area contributed by atoms with Crippen molar-refractivity contribution in [1.82, 2.24) is 4.57 Å². The fraction of sp³-hybridized carbons (Fsp3) is 0.0513. The van der Waals surface area contributed by atoms with Crippen LogP contribution in [0.1, 0.15) is 27.2 Å². The number of aldehydes is 1. The Morgan fingerprint density at radius 3 is 2.24 bits per heavy atom. The van der Waals surface area contributed by atoms with Crippen LogP contribution in [0, 0.1) is 28.9 Å². The van der Waals surface area contributed by atoms with Gasteiger partial charge in [0.15, 0.2) is 6.29 Å². The van der Waals surface area contributed by atoms with Crippen molar-refractivity contribution in [3.8, 4) is 34.2 Å². The van der Waals surface area contributed by atoms with Crippen LogP contribution in [0.4, 0.5) is 17.1 Å². The lowest BCUT2D eigenvalue weighted by Gasteiger charge is -2.10. The Morgan fingerprint density at radius 2 is 1.55 bits per heavy atom. The van der Waals surface area contributed by atoms with Gasteiger partial charge >= 0.3 is 0 Å². The SMILES string of the molecule is Cc1c(C=O)c(-c2cccc(C#Cc3ccc(NS(=O)(=O)c4ccc(NSc5ccccc5)c([N+](=O)[O-])c4)cc3)c2)c(-c2ccc(Cl)cc2)n1C. The lowest BCUT2D eigenvalue weighted by molar-refractivity contribution is -0.384. The molecular formula is C39H29ClN4O5S2. The summed E-state index contributed by atoms with van der Waals surface area (Å²) in [5.41, 5.74) is 6.30. The van der Waals surface area contributed by atoms with Gasteiger partial charge in [0.2, 0.25) is 0 Å². The van der Waals surface area contributed by atoms with Gasteiger partial charge in [-0.15, -0.1) is 0 Å². The van der Waals surface area contributed by atoms with Crippen molar-refractivity contribution in [2.24, 2.45) is 7.05 Å². The van der Waals surface area contributed by atoms with E-state index >= 15 is 0 Å². The van der Waals surface area contributed by atoms with E-state index in [-0.39, 0.29) is 22.0 Å². The van der Waals surface area contributed by atoms with Crippen LogP contribution in [0.5, 0.6) is 0 Å². The molecule has 6 rings (SSSR count). The number of rotatable bonds is 10. The second-order valence-electron chi connectivity index (χ2n) is 11.4. The second kappa shape index (κ2) is 15.0. The van der Waals surface area contributed by atoms with Gasteiger partial charge in [-0.05, 0) is 103 Å². The molecule has 0 aliphatic carbocycles. The van der Waals surface area contributed by atoms with Crippen LogP contribution in [0.3, 0.4) is 0 Å². The fourth-order valence-corrected chi connectivity index (χ4v) is 7.36. The first kappa shape index (κ1) is 35.0. The molecule has 0 fully saturated rings. The molecule has 2 N–H and O–H groups in total. The molecule has 0 saturated carbocycles. The molecule has 0 aliphatic rings. The van der Waals surface area contributed by atoms with E-state index in [4.69, 9.17) is 11.6 Å². The molecule has 0 amide bonds. The van der Waals surface area contributed by atoms with Crippen LogP contribution < -0.4 is 9.44 Å². The molecule has 0 bridgehead atoms. The minimum absolute atomic E-state index is 0.173. The van der Waals surface area contributed by atoms with Gasteiger partial charge in [-0.3, -0.25) is 19.6 Å². The van der Waals surface area contributed by atoms with E-state index in [9.17, 15) is 23.3 Å². The maximum Gasteiger partial charge on any atom is 0.294 e. The summed E-state index contributed by atoms with van der Waals surface area (Å²) in [5, 5.41) is 12.4. The van der Waals surface area contributed by atoms with Gasteiger partial charge in [0.25, 0.3) is 15.7 Å². The highest BCUT2D eigenvalue weighted by Gasteiger charge is 2.23. The Morgan fingerprint density at radius 1 is 0.843 bits per heavy atom. The second-order valence-corrected chi connectivity index (χ2v) is 14.4. The first-order chi connectivity index (χ1) is 24.5. The predicted molar refractivity (Wildman–Crippen MR) is 204 cm³/mol. The van der Waals surface area contributed by atoms with Gasteiger partial charge in [-0.25, -0.2) is 8.42 Å². The van der Waals surface area contributed by atoms with Gasteiger partial charge in [-0.2, -0.15) is 0 Å². The van der Waals surface area contributed by atoms with Crippen LogP contribution in [-0.2, 0) is 17.1 Å². The van der Waals surface area contributed by atoms with E-state index in [0.29, 0.717) is 16.1 Å². The van der Waals surface area contributed by atoms with Crippen molar-refractivity contribution in [2.45, 2.75) is 16.7 Å². The Labute approximate surface area is 304 Å². The van der Waals surface area contributed by atoms with E-state index in [0.717, 1.165) is 50.9 Å². The monoisotopic (exact) mass is 732 g/mol. The van der Waals surface area contributed by atoms with E-state index in [2.05, 4.69) is 21.3 Å². The van der Waals surface area contributed by atoms with Crippen molar-refractivity contribution in [3.05, 3.63) is 159 Å². The average Bonchev–Trinajstić information content (AvgIpc) is 3.39. The Bertz CT molecular complexity index is 2440. The third kappa shape index (κ3) is 7.84. The highest BCUT2D eigenvalue weighted by molar-refractivity contribution is 8.00. The van der Waals surface area contributed by atoms with Crippen LogP contribution >= 0.6 is 23.5 Å². The highest BCUT2D eigenvalue weighted by Crippen LogP contribution is 2.38. The van der Waals surface area contributed by atoms with E-state index in [1.807, 2.05) is 97.4 Å². The molecule has 0 aliphatic heterocycles. The summed E-state index contributed by atoms with van der Waals surface area (Å²) in [5.74, 6) is 6.27. The smallest absolute Gasteiger partial charge is 0.294 e. The van der Waals surface area contributed by atoms with Crippen LogP contribution in [0.25, 0.3) is 22.4 Å². The van der Waals surface area contributed by atoms with Gasteiger partial charge < -0.3 is 9.29 Å². The molecule has 12 heteroatoms. The highest BCUT2D eigenvalue weighted by atomic mass is 35.5. The fourth-order valence-electron chi connectivity index (χ4n) is 5.46. The molecule has 254 valence electrons. The summed E-state index contributed by atoms with van der Waals surface area (Å²) in [7, 11) is -2.22. The maximum atomic E-state index is 13.2. The number of hydrogen-bond acceptors (Lipinski definition) is 7. The van der Waals surface area contributed by atoms with Gasteiger partial charge in [0, 0.05) is 56.7 Å². The van der Waals surface area contributed by atoms with Crippen LogP contribution in [0.2, 0.25) is 5.02 Å². The molecule has 9 nitrogen and oxygen atoms in total. The third-order valence-corrected chi connectivity index (χ3v) is 10.6. The normalized spacial score (nSPS) is 11.0. The summed E-state index contributed by atoms with van der Waals surface area (Å²) in [4.78, 5) is 24.0. The number of nitrogens with zero attached hydrogens (tertiary/aromatic N) is 2. The average molecular weight is 733 g/mol. The summed E-state index contributed by atoms with van der Waals surface area (Å²) in [6, 6.07) is 34.5. The topological polar surface area (TPSA) is 123 Å². The minimum Gasteiger partial charge on any atom is -0.347 e. The molecule has 0 radical (unpaired) electrons. The number of hydrogen-bond donors (Lipinski definition) is 2. The Hall–Kier alpha value is -5.80. The molecule has 0 saturated heterocycles. The molecule has 1 heterocycles. The predicted octanol–water partition coefficient (Wildman–Crippen LogP) is 9.36. The van der Waals surface area contributed by atoms with Crippen molar-refractivity contribution in [2.75, 3.05) is 9.44 Å². The van der Waals surface area contributed by atoms with Crippen LogP contribution in [0.15, 0.2) is 131 Å². The van der Waals surface area contributed by atoms with Gasteiger partial charge in [0.05, 0.1) is 15.5 Å². The zero-order chi connectivity index (χ0) is 36.1. The number of anilines is 2. The number of carbonyl (C=O) groups excluding carboxylic acids is 1. The quantitative estimate of drug-likeness (QED) is 0.0473. The van der Waals surface area contributed by atoms with Gasteiger partial charge in [-0.1, -0.05) is 65.9 Å². The number of nitrogens with one attached hydrogen (secondary N) is 2. The number of carbonyl (C=O) groups is 1. The summed E-state index contributed by atoms with van der Waals surface area (Å²) >= 11 is 7.32. The Kier molecular flexibility index (Phi) is 10.3. The summed E-state index contributed by atoms with van der Waals surface area (Å²) in [6.07, 6.45) is 0.873. The van der Waals surface area contributed by atoms with Crippen molar-refractivity contribution >= 4 is 56.9 Å². The number of benzene rings is 5. The lowest BCUT2D eigenvalue weighted by Crippen LogP contribution is -2.13. The molecular weight excluding hydrogens is 704 g/mol. The molecule has 6 aromatic rings. The van der Waals surface area contributed by atoms with Crippen molar-refractivity contribution < 1.29 is 18.1 Å². The third-order valence-electron chi connectivity index (χ3n) is 8.11. The molecule has 0 unspecified atom stereocenters. The standard InChI is InChI=1S/C39H29ClN4O5S2/c1-26-35(25-45)38(39(43(26)2)29-15-17-31(40)18-16-29)30-8-6-7-28(23-30)12-11-27-13-19-32(20-14-27)42-51(48,49)34-21-22-36(37(24-34)44(46)47)41-50-33-9-4-3-5-10-33/h3-10,13-25,41-42H,1-2H3. The van der Waals surface area contributed by atoms with E-state index < -0.39 is 14.9 Å². The summed E-state index contributed by atoms with van der Waals surface area (Å²) < 4.78 is 33.8. The number of nitro benzene ring substituents is 1. The molecule has 1 aromatic heterocycles. The molecule has 0 spiro atoms. The van der Waals surface area contributed by atoms with Crippen molar-refractivity contribution in [3.63, 3.8) is 0 Å². The number of sulfonamides is 1. The number of aromatic nitrogens is 1. The zero-order valence-corrected chi connectivity index (χ0v) is 29.6. The first-order valence-electron chi connectivity index (χ1n) is 15.5. The number of nitro groups is 1. The largest absolute Gasteiger partial charge is 0.347 e. The van der Waals surface area contributed by atoms with E-state index in [1.165, 1.54) is 24.1 Å². The molecule has 0 atom stereocenters. The first-order valence-corrected chi connectivity index (χ1v) is 18.1. The maximum absolute atomic E-state index is 13.2. The van der Waals surface area contributed by atoms with Gasteiger partial charge in [0.1, 0.15) is 5.69 Å². The van der Waals surface area contributed by atoms with E-state index in [1.54, 1.807) is 24.3 Å². The molecule has 51 heavy (non-hydrogen) atoms. The summed E-state index contributed by atoms with van der Waals surface area (Å²) in [6.45, 7) is 1.91.